The van der Waals surface area contributed by atoms with Crippen LogP contribution in [0.25, 0.3) is 0 Å². The Morgan fingerprint density at radius 1 is 1.16 bits per heavy atom. The topological polar surface area (TPSA) is 0 Å². The maximum absolute atomic E-state index is 13.8. The second-order valence-electron chi connectivity index (χ2n) is 4.04. The lowest BCUT2D eigenvalue weighted by Crippen LogP contribution is -2.00. The lowest BCUT2D eigenvalue weighted by Gasteiger charge is -2.14. The fraction of sp³-hybridized carbons (Fsp3) is 0.143. The van der Waals surface area contributed by atoms with Crippen molar-refractivity contribution in [3.8, 4) is 0 Å². The monoisotopic (exact) mass is 424 g/mol. The lowest BCUT2D eigenvalue weighted by atomic mass is 10.0. The van der Waals surface area contributed by atoms with Gasteiger partial charge in [0.15, 0.2) is 0 Å². The molecule has 100 valence electrons. The third-order valence-electron chi connectivity index (χ3n) is 2.74. The summed E-state index contributed by atoms with van der Waals surface area (Å²) in [5.74, 6) is -0.296. The van der Waals surface area contributed by atoms with Gasteiger partial charge in [-0.2, -0.15) is 0 Å². The normalized spacial score (nSPS) is 12.5. The fourth-order valence-electron chi connectivity index (χ4n) is 1.77. The first-order valence-electron chi connectivity index (χ1n) is 5.51. The van der Waals surface area contributed by atoms with Gasteiger partial charge in [0.2, 0.25) is 0 Å². The van der Waals surface area contributed by atoms with Crippen molar-refractivity contribution in [3.05, 3.63) is 67.9 Å². The number of hydrogen-bond acceptors (Lipinski definition) is 0. The van der Waals surface area contributed by atoms with E-state index in [0.29, 0.717) is 22.0 Å². The second-order valence-corrected chi connectivity index (χ2v) is 6.84. The average molecular weight is 427 g/mol. The third kappa shape index (κ3) is 3.72. The summed E-state index contributed by atoms with van der Waals surface area (Å²) in [4.78, 5) is -0.0741. The molecular formula is C14H9Br2Cl2F. The molecule has 0 bridgehead atoms. The Morgan fingerprint density at radius 2 is 1.89 bits per heavy atom. The maximum atomic E-state index is 13.8. The van der Waals surface area contributed by atoms with Crippen molar-refractivity contribution in [3.63, 3.8) is 0 Å². The van der Waals surface area contributed by atoms with Gasteiger partial charge < -0.3 is 0 Å². The number of benzene rings is 2. The van der Waals surface area contributed by atoms with Gasteiger partial charge in [0.25, 0.3) is 0 Å². The van der Waals surface area contributed by atoms with Crippen LogP contribution < -0.4 is 0 Å². The SMILES string of the molecule is Fc1cccc(Cl)c1CC(Br)c1cc(Cl)ccc1Br. The van der Waals surface area contributed by atoms with Gasteiger partial charge in [0, 0.05) is 24.9 Å². The number of alkyl halides is 1. The highest BCUT2D eigenvalue weighted by Gasteiger charge is 2.16. The van der Waals surface area contributed by atoms with E-state index in [9.17, 15) is 4.39 Å². The first-order valence-corrected chi connectivity index (χ1v) is 7.97. The van der Waals surface area contributed by atoms with Crippen molar-refractivity contribution < 1.29 is 4.39 Å². The molecule has 0 radical (unpaired) electrons. The summed E-state index contributed by atoms with van der Waals surface area (Å²) >= 11 is 19.0. The van der Waals surface area contributed by atoms with E-state index in [1.54, 1.807) is 18.2 Å². The summed E-state index contributed by atoms with van der Waals surface area (Å²) in [5.41, 5.74) is 1.46. The van der Waals surface area contributed by atoms with E-state index in [2.05, 4.69) is 31.9 Å². The predicted octanol–water partition coefficient (Wildman–Crippen LogP) is 6.57. The van der Waals surface area contributed by atoms with Crippen LogP contribution in [0.4, 0.5) is 4.39 Å². The standard InChI is InChI=1S/C14H9Br2Cl2F/c15-11-5-4-8(17)6-9(11)12(16)7-10-13(18)2-1-3-14(10)19/h1-6,12H,7H2. The van der Waals surface area contributed by atoms with Crippen molar-refractivity contribution in [2.45, 2.75) is 11.2 Å². The Labute approximate surface area is 138 Å². The Bertz CT molecular complexity index is 582. The van der Waals surface area contributed by atoms with E-state index in [1.165, 1.54) is 6.07 Å². The molecular weight excluding hydrogens is 418 g/mol. The zero-order valence-corrected chi connectivity index (χ0v) is 14.3. The second kappa shape index (κ2) is 6.57. The average Bonchev–Trinajstić information content (AvgIpc) is 2.37. The third-order valence-corrected chi connectivity index (χ3v) is 4.87. The van der Waals surface area contributed by atoms with Gasteiger partial charge in [0.1, 0.15) is 5.82 Å². The molecule has 0 aliphatic carbocycles. The summed E-state index contributed by atoms with van der Waals surface area (Å²) in [5, 5.41) is 1.07. The van der Waals surface area contributed by atoms with Crippen LogP contribution in [-0.4, -0.2) is 0 Å². The van der Waals surface area contributed by atoms with Crippen LogP contribution in [0.1, 0.15) is 16.0 Å². The molecule has 1 atom stereocenters. The summed E-state index contributed by atoms with van der Waals surface area (Å²) in [6.45, 7) is 0. The molecule has 0 amide bonds. The highest BCUT2D eigenvalue weighted by Crippen LogP contribution is 2.36. The van der Waals surface area contributed by atoms with E-state index < -0.39 is 0 Å². The van der Waals surface area contributed by atoms with Gasteiger partial charge in [-0.25, -0.2) is 4.39 Å². The molecule has 0 aliphatic heterocycles. The minimum absolute atomic E-state index is 0.0741. The fourth-order valence-corrected chi connectivity index (χ4v) is 3.72. The molecule has 2 aromatic rings. The number of halogens is 5. The molecule has 0 nitrogen and oxygen atoms in total. The number of hydrogen-bond donors (Lipinski definition) is 0. The van der Waals surface area contributed by atoms with Crippen LogP contribution >= 0.6 is 55.1 Å². The molecule has 2 rings (SSSR count). The zero-order chi connectivity index (χ0) is 14.0. The van der Waals surface area contributed by atoms with Gasteiger partial charge in [-0.1, -0.05) is 61.1 Å². The zero-order valence-electron chi connectivity index (χ0n) is 9.64. The van der Waals surface area contributed by atoms with Gasteiger partial charge in [0.05, 0.1) is 0 Å². The summed E-state index contributed by atoms with van der Waals surface area (Å²) in [7, 11) is 0. The van der Waals surface area contributed by atoms with Crippen molar-refractivity contribution in [2.75, 3.05) is 0 Å². The van der Waals surface area contributed by atoms with Gasteiger partial charge in [-0.3, -0.25) is 0 Å². The first kappa shape index (κ1) is 15.3. The predicted molar refractivity (Wildman–Crippen MR) is 85.9 cm³/mol. The van der Waals surface area contributed by atoms with E-state index in [4.69, 9.17) is 23.2 Å². The summed E-state index contributed by atoms with van der Waals surface area (Å²) in [6.07, 6.45) is 0.449. The van der Waals surface area contributed by atoms with E-state index in [-0.39, 0.29) is 10.6 Å². The molecule has 0 heterocycles. The molecule has 2 aromatic carbocycles. The Balaban J connectivity index is 2.31. The van der Waals surface area contributed by atoms with Gasteiger partial charge >= 0.3 is 0 Å². The van der Waals surface area contributed by atoms with Gasteiger partial charge in [-0.05, 0) is 42.3 Å². The van der Waals surface area contributed by atoms with Crippen LogP contribution in [0.15, 0.2) is 40.9 Å². The molecule has 0 saturated carbocycles. The summed E-state index contributed by atoms with van der Waals surface area (Å²) in [6, 6.07) is 10.2. The van der Waals surface area contributed by atoms with Crippen LogP contribution in [0.2, 0.25) is 10.0 Å². The van der Waals surface area contributed by atoms with Crippen LogP contribution in [0.3, 0.4) is 0 Å². The molecule has 5 heteroatoms. The molecule has 0 aromatic heterocycles. The van der Waals surface area contributed by atoms with E-state index in [0.717, 1.165) is 10.0 Å². The maximum Gasteiger partial charge on any atom is 0.127 e. The summed E-state index contributed by atoms with van der Waals surface area (Å²) < 4.78 is 14.7. The largest absolute Gasteiger partial charge is 0.207 e. The quantitative estimate of drug-likeness (QED) is 0.486. The van der Waals surface area contributed by atoms with Crippen molar-refractivity contribution in [1.29, 1.82) is 0 Å². The molecule has 0 aliphatic rings. The molecule has 0 spiro atoms. The van der Waals surface area contributed by atoms with Crippen LogP contribution in [-0.2, 0) is 6.42 Å². The van der Waals surface area contributed by atoms with Crippen LogP contribution in [0.5, 0.6) is 0 Å². The highest BCUT2D eigenvalue weighted by molar-refractivity contribution is 9.11. The van der Waals surface area contributed by atoms with Gasteiger partial charge in [-0.15, -0.1) is 0 Å². The number of rotatable bonds is 3. The smallest absolute Gasteiger partial charge is 0.127 e. The highest BCUT2D eigenvalue weighted by atomic mass is 79.9. The Kier molecular flexibility index (Phi) is 5.29. The van der Waals surface area contributed by atoms with Crippen molar-refractivity contribution >= 4 is 55.1 Å². The molecule has 19 heavy (non-hydrogen) atoms. The Morgan fingerprint density at radius 3 is 2.58 bits per heavy atom. The minimum atomic E-state index is -0.296. The minimum Gasteiger partial charge on any atom is -0.207 e. The van der Waals surface area contributed by atoms with E-state index in [1.807, 2.05) is 12.1 Å². The molecule has 0 fully saturated rings. The first-order chi connectivity index (χ1) is 8.99. The molecule has 0 saturated heterocycles. The Hall–Kier alpha value is -0.0900. The van der Waals surface area contributed by atoms with Crippen molar-refractivity contribution in [2.24, 2.45) is 0 Å². The molecule has 0 N–H and O–H groups in total. The van der Waals surface area contributed by atoms with Crippen LogP contribution in [0, 0.1) is 5.82 Å². The molecule has 1 unspecified atom stereocenters. The lowest BCUT2D eigenvalue weighted by molar-refractivity contribution is 0.608. The van der Waals surface area contributed by atoms with Crippen molar-refractivity contribution in [1.82, 2.24) is 0 Å². The van der Waals surface area contributed by atoms with E-state index >= 15 is 0 Å².